The summed E-state index contributed by atoms with van der Waals surface area (Å²) in [6, 6.07) is 11.5. The van der Waals surface area contributed by atoms with Crippen molar-refractivity contribution in [3.8, 4) is 5.75 Å². The lowest BCUT2D eigenvalue weighted by molar-refractivity contribution is 0.0965. The molecule has 2 rings (SSSR count). The Morgan fingerprint density at radius 2 is 2.00 bits per heavy atom. The molecule has 0 aliphatic heterocycles. The summed E-state index contributed by atoms with van der Waals surface area (Å²) in [7, 11) is 0. The van der Waals surface area contributed by atoms with E-state index < -0.39 is 0 Å². The largest absolute Gasteiger partial charge is 0.492 e. The lowest BCUT2D eigenvalue weighted by Gasteiger charge is -2.11. The maximum Gasteiger partial charge on any atom is 0.171 e. The molecule has 0 aliphatic carbocycles. The lowest BCUT2D eigenvalue weighted by atomic mass is 9.93. The highest BCUT2D eigenvalue weighted by molar-refractivity contribution is 6.00. The summed E-state index contributed by atoms with van der Waals surface area (Å²) in [5.41, 5.74) is 1.59. The third-order valence-electron chi connectivity index (χ3n) is 3.00. The van der Waals surface area contributed by atoms with Gasteiger partial charge in [-0.2, -0.15) is 0 Å². The minimum Gasteiger partial charge on any atom is -0.492 e. The van der Waals surface area contributed by atoms with Crippen molar-refractivity contribution >= 4 is 5.78 Å². The Morgan fingerprint density at radius 3 is 2.68 bits per heavy atom. The zero-order chi connectivity index (χ0) is 13.7. The van der Waals surface area contributed by atoms with Crippen LogP contribution in [0.25, 0.3) is 0 Å². The molecule has 1 heterocycles. The van der Waals surface area contributed by atoms with Crippen molar-refractivity contribution in [3.05, 3.63) is 59.9 Å². The molecule has 1 atom stereocenters. The number of Topliss-reactive ketones (excluding diaryl/α,β-unsaturated/α-hetero) is 1. The quantitative estimate of drug-likeness (QED) is 0.768. The van der Waals surface area contributed by atoms with Crippen molar-refractivity contribution < 1.29 is 9.53 Å². The third kappa shape index (κ3) is 3.19. The standard InChI is InChI=1S/C16H17NO2/c1-3-19-15-9-14(10-17-11-15)16(18)12(2)13-7-5-4-6-8-13/h4-12H,3H2,1-2H3. The molecule has 3 nitrogen and oxygen atoms in total. The van der Waals surface area contributed by atoms with Gasteiger partial charge in [0.1, 0.15) is 5.75 Å². The topological polar surface area (TPSA) is 39.2 Å². The number of rotatable bonds is 5. The maximum atomic E-state index is 12.4. The van der Waals surface area contributed by atoms with E-state index in [9.17, 15) is 4.79 Å². The molecule has 0 saturated carbocycles. The first-order valence-corrected chi connectivity index (χ1v) is 6.39. The second-order valence-corrected chi connectivity index (χ2v) is 4.34. The summed E-state index contributed by atoms with van der Waals surface area (Å²) in [6.07, 6.45) is 3.21. The molecule has 1 unspecified atom stereocenters. The van der Waals surface area contributed by atoms with Crippen LogP contribution in [0.15, 0.2) is 48.8 Å². The molecule has 0 saturated heterocycles. The van der Waals surface area contributed by atoms with Gasteiger partial charge in [0, 0.05) is 17.7 Å². The smallest absolute Gasteiger partial charge is 0.171 e. The van der Waals surface area contributed by atoms with Crippen LogP contribution in [0.4, 0.5) is 0 Å². The molecule has 0 radical (unpaired) electrons. The molecule has 0 bridgehead atoms. The summed E-state index contributed by atoms with van der Waals surface area (Å²) >= 11 is 0. The molecule has 0 aliphatic rings. The zero-order valence-electron chi connectivity index (χ0n) is 11.2. The minimum absolute atomic E-state index is 0.0558. The van der Waals surface area contributed by atoms with Crippen LogP contribution in [0.5, 0.6) is 5.75 Å². The number of ketones is 1. The van der Waals surface area contributed by atoms with Gasteiger partial charge in [-0.15, -0.1) is 0 Å². The second-order valence-electron chi connectivity index (χ2n) is 4.34. The molecule has 1 aromatic carbocycles. The molecule has 19 heavy (non-hydrogen) atoms. The van der Waals surface area contributed by atoms with E-state index in [1.165, 1.54) is 0 Å². The zero-order valence-corrected chi connectivity index (χ0v) is 11.2. The maximum absolute atomic E-state index is 12.4. The van der Waals surface area contributed by atoms with Crippen molar-refractivity contribution in [2.75, 3.05) is 6.61 Å². The first-order valence-electron chi connectivity index (χ1n) is 6.39. The van der Waals surface area contributed by atoms with Crippen molar-refractivity contribution in [3.63, 3.8) is 0 Å². The average molecular weight is 255 g/mol. The number of nitrogens with zero attached hydrogens (tertiary/aromatic N) is 1. The van der Waals surface area contributed by atoms with Crippen LogP contribution >= 0.6 is 0 Å². The fourth-order valence-electron chi connectivity index (χ4n) is 1.94. The van der Waals surface area contributed by atoms with Crippen LogP contribution < -0.4 is 4.74 Å². The second kappa shape index (κ2) is 6.14. The number of benzene rings is 1. The first kappa shape index (κ1) is 13.3. The molecule has 1 aromatic heterocycles. The summed E-state index contributed by atoms with van der Waals surface area (Å²) in [5, 5.41) is 0. The normalized spacial score (nSPS) is 11.9. The Balaban J connectivity index is 2.22. The molecule has 98 valence electrons. The molecule has 0 amide bonds. The summed E-state index contributed by atoms with van der Waals surface area (Å²) in [6.45, 7) is 4.37. The summed E-state index contributed by atoms with van der Waals surface area (Å²) in [5.74, 6) is 0.508. The summed E-state index contributed by atoms with van der Waals surface area (Å²) < 4.78 is 5.37. The fourth-order valence-corrected chi connectivity index (χ4v) is 1.94. The van der Waals surface area contributed by atoms with Crippen LogP contribution in [0.3, 0.4) is 0 Å². The number of hydrogen-bond acceptors (Lipinski definition) is 3. The van der Waals surface area contributed by atoms with Gasteiger partial charge in [0.25, 0.3) is 0 Å². The highest BCUT2D eigenvalue weighted by atomic mass is 16.5. The molecule has 0 fully saturated rings. The predicted octanol–water partition coefficient (Wildman–Crippen LogP) is 3.47. The van der Waals surface area contributed by atoms with Gasteiger partial charge in [-0.3, -0.25) is 9.78 Å². The van der Waals surface area contributed by atoms with E-state index in [1.807, 2.05) is 44.2 Å². The van der Waals surface area contributed by atoms with E-state index in [0.29, 0.717) is 17.9 Å². The summed E-state index contributed by atoms with van der Waals surface area (Å²) in [4.78, 5) is 16.5. The molecular formula is C16H17NO2. The highest BCUT2D eigenvalue weighted by Gasteiger charge is 2.17. The molecular weight excluding hydrogens is 238 g/mol. The minimum atomic E-state index is -0.181. The Hall–Kier alpha value is -2.16. The van der Waals surface area contributed by atoms with Crippen LogP contribution in [0.1, 0.15) is 35.7 Å². The van der Waals surface area contributed by atoms with Gasteiger partial charge in [0.15, 0.2) is 5.78 Å². The molecule has 3 heteroatoms. The fraction of sp³-hybridized carbons (Fsp3) is 0.250. The van der Waals surface area contributed by atoms with Crippen molar-refractivity contribution in [1.82, 2.24) is 4.98 Å². The highest BCUT2D eigenvalue weighted by Crippen LogP contribution is 2.21. The first-order chi connectivity index (χ1) is 9.22. The van der Waals surface area contributed by atoms with Gasteiger partial charge in [0.05, 0.1) is 12.8 Å². The number of carbonyl (C=O) groups excluding carboxylic acids is 1. The Kier molecular flexibility index (Phi) is 4.29. The van der Waals surface area contributed by atoms with Crippen molar-refractivity contribution in [2.45, 2.75) is 19.8 Å². The van der Waals surface area contributed by atoms with E-state index >= 15 is 0 Å². The van der Waals surface area contributed by atoms with Crippen LogP contribution in [0.2, 0.25) is 0 Å². The lowest BCUT2D eigenvalue weighted by Crippen LogP contribution is -2.10. The van der Waals surface area contributed by atoms with E-state index in [0.717, 1.165) is 5.56 Å². The van der Waals surface area contributed by atoms with E-state index in [-0.39, 0.29) is 11.7 Å². The van der Waals surface area contributed by atoms with Crippen LogP contribution in [-0.2, 0) is 0 Å². The number of pyridine rings is 1. The monoisotopic (exact) mass is 255 g/mol. The molecule has 0 N–H and O–H groups in total. The van der Waals surface area contributed by atoms with Gasteiger partial charge in [-0.1, -0.05) is 37.3 Å². The number of carbonyl (C=O) groups is 1. The Labute approximate surface area is 113 Å². The number of ether oxygens (including phenoxy) is 1. The van der Waals surface area contributed by atoms with Crippen LogP contribution in [-0.4, -0.2) is 17.4 Å². The third-order valence-corrected chi connectivity index (χ3v) is 3.00. The van der Waals surface area contributed by atoms with E-state index in [2.05, 4.69) is 4.98 Å². The SMILES string of the molecule is CCOc1cncc(C(=O)C(C)c2ccccc2)c1. The van der Waals surface area contributed by atoms with Gasteiger partial charge in [-0.25, -0.2) is 0 Å². The number of hydrogen-bond donors (Lipinski definition) is 0. The van der Waals surface area contributed by atoms with E-state index in [1.54, 1.807) is 18.5 Å². The Morgan fingerprint density at radius 1 is 1.26 bits per heavy atom. The molecule has 2 aromatic rings. The van der Waals surface area contributed by atoms with Gasteiger partial charge >= 0.3 is 0 Å². The average Bonchev–Trinajstić information content (AvgIpc) is 2.47. The van der Waals surface area contributed by atoms with Gasteiger partial charge in [0.2, 0.25) is 0 Å². The van der Waals surface area contributed by atoms with E-state index in [4.69, 9.17) is 4.74 Å². The van der Waals surface area contributed by atoms with Crippen molar-refractivity contribution in [2.24, 2.45) is 0 Å². The molecule has 0 spiro atoms. The van der Waals surface area contributed by atoms with Crippen molar-refractivity contribution in [1.29, 1.82) is 0 Å². The van der Waals surface area contributed by atoms with Gasteiger partial charge in [-0.05, 0) is 18.6 Å². The van der Waals surface area contributed by atoms with Gasteiger partial charge < -0.3 is 4.74 Å². The Bertz CT molecular complexity index is 552. The number of aromatic nitrogens is 1. The predicted molar refractivity (Wildman–Crippen MR) is 74.6 cm³/mol. The van der Waals surface area contributed by atoms with Crippen LogP contribution in [0, 0.1) is 0 Å².